The number of aromatic nitrogens is 2. The highest BCUT2D eigenvalue weighted by Crippen LogP contribution is 2.22. The standard InChI is InChI=1S/C15H17N3O4/c1-3-22-15(21)12-5-4-11(8-13(12)19)17-14(20)9-18-7-6-16-10(18)2/h4-8,19H,3,9H2,1-2H3,(H,17,20). The lowest BCUT2D eigenvalue weighted by molar-refractivity contribution is -0.116. The Morgan fingerprint density at radius 3 is 2.77 bits per heavy atom. The average molecular weight is 303 g/mol. The Morgan fingerprint density at radius 1 is 1.41 bits per heavy atom. The van der Waals surface area contributed by atoms with Gasteiger partial charge in [0.1, 0.15) is 23.7 Å². The first-order valence-electron chi connectivity index (χ1n) is 6.79. The molecule has 0 aliphatic heterocycles. The molecule has 0 unspecified atom stereocenters. The minimum absolute atomic E-state index is 0.0605. The molecule has 0 saturated carbocycles. The van der Waals surface area contributed by atoms with Gasteiger partial charge in [0.2, 0.25) is 5.91 Å². The Balaban J connectivity index is 2.04. The molecule has 2 rings (SSSR count). The van der Waals surface area contributed by atoms with Crippen molar-refractivity contribution in [2.75, 3.05) is 11.9 Å². The van der Waals surface area contributed by atoms with Crippen LogP contribution in [0.15, 0.2) is 30.6 Å². The van der Waals surface area contributed by atoms with Gasteiger partial charge in [0.15, 0.2) is 0 Å². The highest BCUT2D eigenvalue weighted by molar-refractivity contribution is 5.95. The zero-order valence-corrected chi connectivity index (χ0v) is 12.4. The number of ether oxygens (including phenoxy) is 1. The van der Waals surface area contributed by atoms with Crippen molar-refractivity contribution in [3.63, 3.8) is 0 Å². The van der Waals surface area contributed by atoms with Gasteiger partial charge < -0.3 is 19.7 Å². The fourth-order valence-electron chi connectivity index (χ4n) is 1.92. The van der Waals surface area contributed by atoms with Gasteiger partial charge in [-0.25, -0.2) is 9.78 Å². The van der Waals surface area contributed by atoms with Crippen molar-refractivity contribution in [2.45, 2.75) is 20.4 Å². The lowest BCUT2D eigenvalue weighted by atomic mass is 10.2. The minimum Gasteiger partial charge on any atom is -0.507 e. The Kier molecular flexibility index (Phi) is 4.77. The molecule has 0 aliphatic rings. The fraction of sp³-hybridized carbons (Fsp3) is 0.267. The number of hydrogen-bond acceptors (Lipinski definition) is 5. The van der Waals surface area contributed by atoms with E-state index in [0.29, 0.717) is 5.69 Å². The largest absolute Gasteiger partial charge is 0.507 e. The molecule has 2 N–H and O–H groups in total. The molecule has 22 heavy (non-hydrogen) atoms. The first kappa shape index (κ1) is 15.6. The normalized spacial score (nSPS) is 10.3. The number of carbonyl (C=O) groups excluding carboxylic acids is 2. The van der Waals surface area contributed by atoms with Gasteiger partial charge in [0, 0.05) is 24.1 Å². The predicted molar refractivity (Wildman–Crippen MR) is 79.7 cm³/mol. The summed E-state index contributed by atoms with van der Waals surface area (Å²) in [6.45, 7) is 3.82. The number of amides is 1. The molecule has 0 spiro atoms. The summed E-state index contributed by atoms with van der Waals surface area (Å²) in [4.78, 5) is 27.5. The van der Waals surface area contributed by atoms with Crippen molar-refractivity contribution in [3.05, 3.63) is 42.0 Å². The van der Waals surface area contributed by atoms with Gasteiger partial charge >= 0.3 is 5.97 Å². The van der Waals surface area contributed by atoms with Crippen LogP contribution < -0.4 is 5.32 Å². The molecule has 1 amide bonds. The van der Waals surface area contributed by atoms with E-state index in [1.165, 1.54) is 18.2 Å². The van der Waals surface area contributed by atoms with Gasteiger partial charge in [0.25, 0.3) is 0 Å². The van der Waals surface area contributed by atoms with E-state index in [4.69, 9.17) is 4.74 Å². The number of anilines is 1. The third-order valence-electron chi connectivity index (χ3n) is 3.01. The first-order chi connectivity index (χ1) is 10.5. The van der Waals surface area contributed by atoms with Gasteiger partial charge in [-0.15, -0.1) is 0 Å². The molecule has 116 valence electrons. The second-order valence-electron chi connectivity index (χ2n) is 4.60. The van der Waals surface area contributed by atoms with Crippen LogP contribution in [-0.4, -0.2) is 33.1 Å². The zero-order valence-electron chi connectivity index (χ0n) is 12.4. The maximum absolute atomic E-state index is 11.9. The molecule has 0 bridgehead atoms. The molecule has 0 aliphatic carbocycles. The Labute approximate surface area is 127 Å². The van der Waals surface area contributed by atoms with E-state index in [1.807, 2.05) is 0 Å². The molecule has 0 atom stereocenters. The number of imidazole rings is 1. The van der Waals surface area contributed by atoms with E-state index >= 15 is 0 Å². The van der Waals surface area contributed by atoms with Crippen molar-refractivity contribution in [1.29, 1.82) is 0 Å². The number of aromatic hydroxyl groups is 1. The second kappa shape index (κ2) is 6.75. The van der Waals surface area contributed by atoms with Crippen molar-refractivity contribution in [3.8, 4) is 5.75 Å². The lowest BCUT2D eigenvalue weighted by Gasteiger charge is -2.09. The van der Waals surface area contributed by atoms with Gasteiger partial charge in [-0.1, -0.05) is 0 Å². The molecule has 1 heterocycles. The molecule has 0 fully saturated rings. The van der Waals surface area contributed by atoms with Gasteiger partial charge in [0.05, 0.1) is 6.61 Å². The number of carbonyl (C=O) groups is 2. The summed E-state index contributed by atoms with van der Waals surface area (Å²) in [6.07, 6.45) is 3.32. The van der Waals surface area contributed by atoms with E-state index in [-0.39, 0.29) is 30.4 Å². The highest BCUT2D eigenvalue weighted by atomic mass is 16.5. The molecule has 0 saturated heterocycles. The minimum atomic E-state index is -0.605. The third-order valence-corrected chi connectivity index (χ3v) is 3.01. The first-order valence-corrected chi connectivity index (χ1v) is 6.79. The Bertz CT molecular complexity index is 694. The van der Waals surface area contributed by atoms with E-state index < -0.39 is 5.97 Å². The quantitative estimate of drug-likeness (QED) is 0.820. The van der Waals surface area contributed by atoms with Crippen LogP contribution in [0.25, 0.3) is 0 Å². The molecule has 0 radical (unpaired) electrons. The van der Waals surface area contributed by atoms with E-state index in [1.54, 1.807) is 30.8 Å². The van der Waals surface area contributed by atoms with Crippen molar-refractivity contribution in [1.82, 2.24) is 9.55 Å². The SMILES string of the molecule is CCOC(=O)c1ccc(NC(=O)Cn2ccnc2C)cc1O. The van der Waals surface area contributed by atoms with Crippen molar-refractivity contribution >= 4 is 17.6 Å². The maximum Gasteiger partial charge on any atom is 0.341 e. The molecule has 2 aromatic rings. The van der Waals surface area contributed by atoms with Gasteiger partial charge in [-0.3, -0.25) is 4.79 Å². The Morgan fingerprint density at radius 2 is 2.18 bits per heavy atom. The zero-order chi connectivity index (χ0) is 16.1. The van der Waals surface area contributed by atoms with Crippen LogP contribution >= 0.6 is 0 Å². The summed E-state index contributed by atoms with van der Waals surface area (Å²) in [7, 11) is 0. The number of nitrogens with one attached hydrogen (secondary N) is 1. The van der Waals surface area contributed by atoms with Crippen LogP contribution in [0.2, 0.25) is 0 Å². The molecule has 7 heteroatoms. The topological polar surface area (TPSA) is 93.5 Å². The van der Waals surface area contributed by atoms with E-state index in [0.717, 1.165) is 5.82 Å². The highest BCUT2D eigenvalue weighted by Gasteiger charge is 2.13. The second-order valence-corrected chi connectivity index (χ2v) is 4.60. The smallest absolute Gasteiger partial charge is 0.341 e. The molecule has 1 aromatic heterocycles. The monoisotopic (exact) mass is 303 g/mol. The van der Waals surface area contributed by atoms with Crippen molar-refractivity contribution < 1.29 is 19.4 Å². The number of benzene rings is 1. The molecular weight excluding hydrogens is 286 g/mol. The van der Waals surface area contributed by atoms with Crippen molar-refractivity contribution in [2.24, 2.45) is 0 Å². The van der Waals surface area contributed by atoms with Crippen LogP contribution in [0.5, 0.6) is 5.75 Å². The summed E-state index contributed by atoms with van der Waals surface area (Å²) in [5.74, 6) is -0.373. The van der Waals surface area contributed by atoms with Gasteiger partial charge in [-0.05, 0) is 26.0 Å². The average Bonchev–Trinajstić information content (AvgIpc) is 2.84. The molecule has 7 nitrogen and oxygen atoms in total. The molecule has 1 aromatic carbocycles. The summed E-state index contributed by atoms with van der Waals surface area (Å²) in [5.41, 5.74) is 0.457. The fourth-order valence-corrected chi connectivity index (χ4v) is 1.92. The van der Waals surface area contributed by atoms with E-state index in [2.05, 4.69) is 10.3 Å². The number of hydrogen-bond donors (Lipinski definition) is 2. The van der Waals surface area contributed by atoms with Crippen LogP contribution in [0, 0.1) is 6.92 Å². The van der Waals surface area contributed by atoms with Crippen LogP contribution in [0.1, 0.15) is 23.1 Å². The summed E-state index contributed by atoms with van der Waals surface area (Å²) < 4.78 is 6.51. The number of phenolic OH excluding ortho intramolecular Hbond substituents is 1. The summed E-state index contributed by atoms with van der Waals surface area (Å²) in [6, 6.07) is 4.25. The van der Waals surface area contributed by atoms with Crippen LogP contribution in [0.3, 0.4) is 0 Å². The third kappa shape index (κ3) is 3.63. The lowest BCUT2D eigenvalue weighted by Crippen LogP contribution is -2.19. The number of rotatable bonds is 5. The number of nitrogens with zero attached hydrogens (tertiary/aromatic N) is 2. The van der Waals surface area contributed by atoms with E-state index in [9.17, 15) is 14.7 Å². The van der Waals surface area contributed by atoms with Crippen LogP contribution in [0.4, 0.5) is 5.69 Å². The number of phenols is 1. The van der Waals surface area contributed by atoms with Gasteiger partial charge in [-0.2, -0.15) is 0 Å². The number of esters is 1. The number of aryl methyl sites for hydroxylation is 1. The Hall–Kier alpha value is -2.83. The predicted octanol–water partition coefficient (Wildman–Crippen LogP) is 1.71. The summed E-state index contributed by atoms with van der Waals surface area (Å²) >= 11 is 0. The molecular formula is C15H17N3O4. The van der Waals surface area contributed by atoms with Crippen LogP contribution in [-0.2, 0) is 16.1 Å². The maximum atomic E-state index is 11.9. The summed E-state index contributed by atoms with van der Waals surface area (Å²) in [5, 5.41) is 12.5.